The Morgan fingerprint density at radius 1 is 1.00 bits per heavy atom. The molecule has 0 saturated carbocycles. The molecule has 4 aromatic rings. The van der Waals surface area contributed by atoms with Crippen molar-refractivity contribution in [3.05, 3.63) is 95.8 Å². The van der Waals surface area contributed by atoms with Crippen LogP contribution >= 0.6 is 0 Å². The van der Waals surface area contributed by atoms with Crippen molar-refractivity contribution in [2.24, 2.45) is 0 Å². The van der Waals surface area contributed by atoms with Gasteiger partial charge in [0, 0.05) is 23.1 Å². The van der Waals surface area contributed by atoms with E-state index in [1.165, 1.54) is 35.3 Å². The Bertz CT molecular complexity index is 1330. The van der Waals surface area contributed by atoms with Crippen LogP contribution in [0.15, 0.2) is 73.1 Å². The van der Waals surface area contributed by atoms with Gasteiger partial charge in [-0.25, -0.2) is 4.68 Å². The second-order valence-electron chi connectivity index (χ2n) is 7.51. The summed E-state index contributed by atoms with van der Waals surface area (Å²) in [7, 11) is 0. The maximum absolute atomic E-state index is 13.5. The monoisotopic (exact) mass is 449 g/mol. The highest BCUT2D eigenvalue weighted by molar-refractivity contribution is 5.67. The molecule has 0 saturated heterocycles. The Hall–Kier alpha value is -4.14. The van der Waals surface area contributed by atoms with Crippen molar-refractivity contribution in [2.75, 3.05) is 5.32 Å². The SMILES string of the molecule is Cc1cc(-c2ccc(Nc3nc4n(n3)C=COC4c3ccccc3C(F)(F)F)cc2)ccn1. The number of nitrogens with one attached hydrogen (secondary N) is 1. The second-order valence-corrected chi connectivity index (χ2v) is 7.51. The molecular weight excluding hydrogens is 431 g/mol. The molecule has 33 heavy (non-hydrogen) atoms. The smallest absolute Gasteiger partial charge is 0.416 e. The summed E-state index contributed by atoms with van der Waals surface area (Å²) in [5.41, 5.74) is 2.97. The fraction of sp³-hybridized carbons (Fsp3) is 0.125. The van der Waals surface area contributed by atoms with Crippen LogP contribution in [0.5, 0.6) is 0 Å². The van der Waals surface area contributed by atoms with Crippen molar-refractivity contribution in [3.63, 3.8) is 0 Å². The summed E-state index contributed by atoms with van der Waals surface area (Å²) in [4.78, 5) is 8.62. The number of halogens is 3. The molecule has 1 unspecified atom stereocenters. The molecule has 0 radical (unpaired) electrons. The van der Waals surface area contributed by atoms with Crippen LogP contribution in [-0.2, 0) is 10.9 Å². The van der Waals surface area contributed by atoms with Crippen LogP contribution in [0.4, 0.5) is 24.8 Å². The topological polar surface area (TPSA) is 64.9 Å². The van der Waals surface area contributed by atoms with E-state index in [0.717, 1.165) is 28.6 Å². The first kappa shape index (κ1) is 20.7. The predicted molar refractivity (Wildman–Crippen MR) is 117 cm³/mol. The number of hydrogen-bond donors (Lipinski definition) is 1. The van der Waals surface area contributed by atoms with E-state index >= 15 is 0 Å². The van der Waals surface area contributed by atoms with Crippen LogP contribution in [-0.4, -0.2) is 19.7 Å². The molecule has 5 rings (SSSR count). The minimum absolute atomic E-state index is 0.0217. The number of rotatable bonds is 4. The van der Waals surface area contributed by atoms with Crippen LogP contribution < -0.4 is 5.32 Å². The number of aryl methyl sites for hydroxylation is 1. The molecule has 1 aliphatic rings. The lowest BCUT2D eigenvalue weighted by molar-refractivity contribution is -0.139. The summed E-state index contributed by atoms with van der Waals surface area (Å²) in [6, 6.07) is 16.9. The Morgan fingerprint density at radius 3 is 2.55 bits per heavy atom. The van der Waals surface area contributed by atoms with E-state index in [1.54, 1.807) is 6.20 Å². The predicted octanol–water partition coefficient (Wildman–Crippen LogP) is 5.96. The number of ether oxygens (including phenoxy) is 1. The van der Waals surface area contributed by atoms with E-state index in [9.17, 15) is 13.2 Å². The quantitative estimate of drug-likeness (QED) is 0.417. The van der Waals surface area contributed by atoms with Gasteiger partial charge in [0.25, 0.3) is 0 Å². The van der Waals surface area contributed by atoms with Gasteiger partial charge in [0.15, 0.2) is 11.9 Å². The van der Waals surface area contributed by atoms with E-state index < -0.39 is 17.8 Å². The van der Waals surface area contributed by atoms with Crippen molar-refractivity contribution < 1.29 is 17.9 Å². The van der Waals surface area contributed by atoms with Gasteiger partial charge < -0.3 is 10.1 Å². The lowest BCUT2D eigenvalue weighted by Gasteiger charge is -2.22. The highest BCUT2D eigenvalue weighted by Gasteiger charge is 2.37. The van der Waals surface area contributed by atoms with Crippen LogP contribution in [0.25, 0.3) is 17.3 Å². The number of aromatic nitrogens is 4. The Morgan fingerprint density at radius 2 is 1.79 bits per heavy atom. The van der Waals surface area contributed by atoms with Gasteiger partial charge in [0.05, 0.1) is 11.8 Å². The van der Waals surface area contributed by atoms with Gasteiger partial charge in [0.2, 0.25) is 5.95 Å². The van der Waals surface area contributed by atoms with Crippen LogP contribution in [0.1, 0.15) is 28.7 Å². The normalized spacial score (nSPS) is 15.1. The van der Waals surface area contributed by atoms with Crippen molar-refractivity contribution in [3.8, 4) is 11.1 Å². The summed E-state index contributed by atoms with van der Waals surface area (Å²) < 4.78 is 47.5. The molecule has 1 N–H and O–H groups in total. The number of anilines is 2. The van der Waals surface area contributed by atoms with Crippen molar-refractivity contribution in [1.82, 2.24) is 19.7 Å². The van der Waals surface area contributed by atoms with E-state index in [4.69, 9.17) is 4.74 Å². The first-order valence-electron chi connectivity index (χ1n) is 10.1. The zero-order chi connectivity index (χ0) is 23.0. The van der Waals surface area contributed by atoms with Gasteiger partial charge in [-0.1, -0.05) is 30.3 Å². The van der Waals surface area contributed by atoms with Crippen LogP contribution in [0, 0.1) is 6.92 Å². The molecule has 9 heteroatoms. The Kier molecular flexibility index (Phi) is 5.08. The summed E-state index contributed by atoms with van der Waals surface area (Å²) in [5.74, 6) is 0.503. The average Bonchev–Trinajstić information content (AvgIpc) is 3.21. The molecule has 6 nitrogen and oxygen atoms in total. The number of alkyl halides is 3. The zero-order valence-corrected chi connectivity index (χ0v) is 17.4. The van der Waals surface area contributed by atoms with Gasteiger partial charge in [-0.3, -0.25) is 4.98 Å². The lowest BCUT2D eigenvalue weighted by Crippen LogP contribution is -2.18. The van der Waals surface area contributed by atoms with Gasteiger partial charge in [-0.2, -0.15) is 18.2 Å². The molecule has 0 aliphatic carbocycles. The zero-order valence-electron chi connectivity index (χ0n) is 17.4. The number of benzene rings is 2. The van der Waals surface area contributed by atoms with E-state index in [0.29, 0.717) is 0 Å². The number of pyridine rings is 1. The number of hydrogen-bond acceptors (Lipinski definition) is 5. The third-order valence-corrected chi connectivity index (χ3v) is 5.23. The highest BCUT2D eigenvalue weighted by Crippen LogP contribution is 2.39. The third-order valence-electron chi connectivity index (χ3n) is 5.23. The van der Waals surface area contributed by atoms with Crippen LogP contribution in [0.3, 0.4) is 0 Å². The van der Waals surface area contributed by atoms with Gasteiger partial charge in [-0.15, -0.1) is 5.10 Å². The molecule has 0 amide bonds. The highest BCUT2D eigenvalue weighted by atomic mass is 19.4. The first-order chi connectivity index (χ1) is 15.9. The van der Waals surface area contributed by atoms with E-state index in [1.807, 2.05) is 43.3 Å². The fourth-order valence-electron chi connectivity index (χ4n) is 3.71. The molecule has 0 fully saturated rings. The number of nitrogens with zero attached hydrogens (tertiary/aromatic N) is 4. The lowest BCUT2D eigenvalue weighted by atomic mass is 10.0. The fourth-order valence-corrected chi connectivity index (χ4v) is 3.71. The molecular formula is C24H18F3N5O. The van der Waals surface area contributed by atoms with Crippen molar-refractivity contribution >= 4 is 17.8 Å². The largest absolute Gasteiger partial charge is 0.484 e. The molecule has 0 bridgehead atoms. The third kappa shape index (κ3) is 4.17. The molecule has 2 aromatic heterocycles. The summed E-state index contributed by atoms with van der Waals surface area (Å²) in [6.45, 7) is 1.93. The number of fused-ring (bicyclic) bond motifs is 1. The minimum atomic E-state index is -4.51. The Labute approximate surface area is 187 Å². The summed E-state index contributed by atoms with van der Waals surface area (Å²) in [5, 5.41) is 7.44. The molecule has 2 aromatic carbocycles. The molecule has 3 heterocycles. The van der Waals surface area contributed by atoms with E-state index in [-0.39, 0.29) is 17.3 Å². The van der Waals surface area contributed by atoms with Gasteiger partial charge in [-0.05, 0) is 48.4 Å². The first-order valence-corrected chi connectivity index (χ1v) is 10.1. The molecule has 0 spiro atoms. The molecule has 166 valence electrons. The van der Waals surface area contributed by atoms with E-state index in [2.05, 4.69) is 20.4 Å². The molecule has 1 atom stereocenters. The van der Waals surface area contributed by atoms with Crippen molar-refractivity contribution in [2.45, 2.75) is 19.2 Å². The van der Waals surface area contributed by atoms with Gasteiger partial charge in [0.1, 0.15) is 6.26 Å². The maximum Gasteiger partial charge on any atom is 0.416 e. The summed E-state index contributed by atoms with van der Waals surface area (Å²) in [6.07, 6.45) is -0.959. The van der Waals surface area contributed by atoms with Crippen LogP contribution in [0.2, 0.25) is 0 Å². The van der Waals surface area contributed by atoms with Gasteiger partial charge >= 0.3 is 6.18 Å². The van der Waals surface area contributed by atoms with Crippen molar-refractivity contribution in [1.29, 1.82) is 0 Å². The average molecular weight is 449 g/mol. The Balaban J connectivity index is 1.41. The second kappa shape index (κ2) is 8.09. The molecule has 1 aliphatic heterocycles. The standard InChI is InChI=1S/C24H18F3N5O/c1-15-14-17(10-11-28-15)16-6-8-18(9-7-16)29-23-30-22-21(33-13-12-32(22)31-23)19-4-2-3-5-20(19)24(25,26)27/h2-14,21H,1H3,(H,29,31). The maximum atomic E-state index is 13.5. The minimum Gasteiger partial charge on any atom is -0.484 e. The summed E-state index contributed by atoms with van der Waals surface area (Å²) >= 11 is 0.